The number of amides is 1. The summed E-state index contributed by atoms with van der Waals surface area (Å²) in [7, 11) is 0. The summed E-state index contributed by atoms with van der Waals surface area (Å²) in [6, 6.07) is 9.51. The topological polar surface area (TPSA) is 59.8 Å². The third-order valence-electron chi connectivity index (χ3n) is 2.81. The van der Waals surface area contributed by atoms with E-state index in [1.165, 1.54) is 28.2 Å². The predicted molar refractivity (Wildman–Crippen MR) is 76.8 cm³/mol. The van der Waals surface area contributed by atoms with Crippen molar-refractivity contribution in [3.63, 3.8) is 0 Å². The summed E-state index contributed by atoms with van der Waals surface area (Å²) in [5.41, 5.74) is 1.34. The van der Waals surface area contributed by atoms with Crippen LogP contribution < -0.4 is 5.32 Å². The molecule has 0 aliphatic carbocycles. The molecular formula is C14H11FN4OS. The quantitative estimate of drug-likeness (QED) is 0.805. The van der Waals surface area contributed by atoms with E-state index >= 15 is 0 Å². The van der Waals surface area contributed by atoms with Crippen molar-refractivity contribution >= 4 is 17.2 Å². The highest BCUT2D eigenvalue weighted by atomic mass is 32.1. The summed E-state index contributed by atoms with van der Waals surface area (Å²) >= 11 is 1.38. The van der Waals surface area contributed by atoms with E-state index in [1.807, 2.05) is 11.4 Å². The van der Waals surface area contributed by atoms with Crippen molar-refractivity contribution in [2.24, 2.45) is 0 Å². The van der Waals surface area contributed by atoms with Crippen LogP contribution in [0.25, 0.3) is 5.69 Å². The first-order chi connectivity index (χ1) is 10.2. The number of carbonyl (C=O) groups is 1. The van der Waals surface area contributed by atoms with Crippen LogP contribution in [0.5, 0.6) is 0 Å². The number of nitrogens with one attached hydrogen (secondary N) is 1. The van der Waals surface area contributed by atoms with Crippen molar-refractivity contribution in [1.82, 2.24) is 20.3 Å². The lowest BCUT2D eigenvalue weighted by Gasteiger charge is -2.00. The fourth-order valence-electron chi connectivity index (χ4n) is 1.77. The fourth-order valence-corrected chi connectivity index (χ4v) is 2.41. The first kappa shape index (κ1) is 13.4. The first-order valence-corrected chi connectivity index (χ1v) is 7.09. The summed E-state index contributed by atoms with van der Waals surface area (Å²) in [5, 5.41) is 12.5. The van der Waals surface area contributed by atoms with E-state index in [0.29, 0.717) is 16.3 Å². The van der Waals surface area contributed by atoms with Gasteiger partial charge < -0.3 is 5.32 Å². The highest BCUT2D eigenvalue weighted by Crippen LogP contribution is 2.09. The number of halogens is 1. The average Bonchev–Trinajstić information content (AvgIpc) is 3.17. The van der Waals surface area contributed by atoms with E-state index in [2.05, 4.69) is 15.6 Å². The molecule has 1 aromatic carbocycles. The monoisotopic (exact) mass is 302 g/mol. The van der Waals surface area contributed by atoms with Gasteiger partial charge in [0.15, 0.2) is 0 Å². The Morgan fingerprint density at radius 3 is 2.81 bits per heavy atom. The Kier molecular flexibility index (Phi) is 3.74. The fraction of sp³-hybridized carbons (Fsp3) is 0.0714. The van der Waals surface area contributed by atoms with Crippen LogP contribution in [0.1, 0.15) is 15.4 Å². The number of hydrogen-bond acceptors (Lipinski definition) is 4. The van der Waals surface area contributed by atoms with Crippen molar-refractivity contribution in [3.05, 3.63) is 64.4 Å². The lowest BCUT2D eigenvalue weighted by atomic mass is 10.3. The van der Waals surface area contributed by atoms with Crippen molar-refractivity contribution in [2.45, 2.75) is 6.54 Å². The van der Waals surface area contributed by atoms with E-state index in [4.69, 9.17) is 0 Å². The second-order valence-electron chi connectivity index (χ2n) is 4.29. The molecule has 21 heavy (non-hydrogen) atoms. The minimum atomic E-state index is -0.303. The maximum absolute atomic E-state index is 12.9. The number of rotatable bonds is 4. The van der Waals surface area contributed by atoms with Gasteiger partial charge in [0, 0.05) is 0 Å². The summed E-state index contributed by atoms with van der Waals surface area (Å²) in [5.74, 6) is -0.441. The molecule has 106 valence electrons. The van der Waals surface area contributed by atoms with Crippen LogP contribution in [0.4, 0.5) is 4.39 Å². The Morgan fingerprint density at radius 1 is 1.29 bits per heavy atom. The zero-order valence-corrected chi connectivity index (χ0v) is 11.7. The van der Waals surface area contributed by atoms with Gasteiger partial charge in [-0.25, -0.2) is 9.07 Å². The minimum Gasteiger partial charge on any atom is -0.346 e. The highest BCUT2D eigenvalue weighted by Gasteiger charge is 2.08. The minimum absolute atomic E-state index is 0.138. The molecule has 0 spiro atoms. The van der Waals surface area contributed by atoms with E-state index < -0.39 is 0 Å². The Morgan fingerprint density at radius 2 is 2.10 bits per heavy atom. The molecule has 0 aliphatic heterocycles. The molecule has 2 heterocycles. The third kappa shape index (κ3) is 3.14. The third-order valence-corrected chi connectivity index (χ3v) is 3.68. The zero-order chi connectivity index (χ0) is 14.7. The molecule has 1 amide bonds. The van der Waals surface area contributed by atoms with Gasteiger partial charge >= 0.3 is 0 Å². The molecule has 3 aromatic rings. The molecular weight excluding hydrogens is 291 g/mol. The first-order valence-electron chi connectivity index (χ1n) is 6.21. The summed E-state index contributed by atoms with van der Waals surface area (Å²) in [6.07, 6.45) is 1.70. The lowest BCUT2D eigenvalue weighted by molar-refractivity contribution is 0.0954. The second kappa shape index (κ2) is 5.84. The second-order valence-corrected chi connectivity index (χ2v) is 5.24. The van der Waals surface area contributed by atoms with Crippen molar-refractivity contribution in [2.75, 3.05) is 0 Å². The highest BCUT2D eigenvalue weighted by molar-refractivity contribution is 7.12. The van der Waals surface area contributed by atoms with Crippen LogP contribution in [-0.2, 0) is 6.54 Å². The van der Waals surface area contributed by atoms with Gasteiger partial charge in [-0.05, 0) is 35.7 Å². The lowest BCUT2D eigenvalue weighted by Crippen LogP contribution is -2.21. The van der Waals surface area contributed by atoms with Crippen molar-refractivity contribution < 1.29 is 9.18 Å². The van der Waals surface area contributed by atoms with Crippen LogP contribution >= 0.6 is 11.3 Å². The Balaban J connectivity index is 1.65. The Bertz CT molecular complexity index is 737. The molecule has 2 aromatic heterocycles. The maximum Gasteiger partial charge on any atom is 0.261 e. The summed E-state index contributed by atoms with van der Waals surface area (Å²) in [4.78, 5) is 12.4. The molecule has 0 bridgehead atoms. The van der Waals surface area contributed by atoms with Gasteiger partial charge in [-0.1, -0.05) is 11.3 Å². The van der Waals surface area contributed by atoms with Crippen LogP contribution in [0.15, 0.2) is 48.0 Å². The number of hydrogen-bond donors (Lipinski definition) is 1. The Labute approximate surface area is 124 Å². The molecule has 0 fully saturated rings. The standard InChI is InChI=1S/C14H11FN4OS/c15-10-3-5-12(6-4-10)19-9-11(17-18-19)8-16-14(20)13-2-1-7-21-13/h1-7,9H,8H2,(H,16,20). The molecule has 0 saturated heterocycles. The molecule has 7 heteroatoms. The van der Waals surface area contributed by atoms with E-state index in [1.54, 1.807) is 24.4 Å². The zero-order valence-electron chi connectivity index (χ0n) is 10.9. The normalized spacial score (nSPS) is 10.5. The summed E-state index contributed by atoms with van der Waals surface area (Å²) in [6.45, 7) is 0.290. The maximum atomic E-state index is 12.9. The molecule has 0 aliphatic rings. The smallest absolute Gasteiger partial charge is 0.261 e. The van der Waals surface area contributed by atoms with Crippen LogP contribution in [0.2, 0.25) is 0 Å². The SMILES string of the molecule is O=C(NCc1cn(-c2ccc(F)cc2)nn1)c1cccs1. The summed E-state index contributed by atoms with van der Waals surface area (Å²) < 4.78 is 14.4. The van der Waals surface area contributed by atoms with E-state index in [9.17, 15) is 9.18 Å². The number of nitrogens with zero attached hydrogens (tertiary/aromatic N) is 3. The van der Waals surface area contributed by atoms with Crippen LogP contribution in [-0.4, -0.2) is 20.9 Å². The van der Waals surface area contributed by atoms with Gasteiger partial charge in [0.2, 0.25) is 0 Å². The van der Waals surface area contributed by atoms with Crippen LogP contribution in [0, 0.1) is 5.82 Å². The molecule has 0 atom stereocenters. The Hall–Kier alpha value is -2.54. The number of benzene rings is 1. The van der Waals surface area contributed by atoms with Gasteiger partial charge in [0.1, 0.15) is 11.5 Å². The predicted octanol–water partition coefficient (Wildman–Crippen LogP) is 2.40. The largest absolute Gasteiger partial charge is 0.346 e. The van der Waals surface area contributed by atoms with Gasteiger partial charge in [-0.3, -0.25) is 4.79 Å². The number of thiophene rings is 1. The molecule has 1 N–H and O–H groups in total. The molecule has 5 nitrogen and oxygen atoms in total. The molecule has 0 saturated carbocycles. The van der Waals surface area contributed by atoms with Crippen molar-refractivity contribution in [3.8, 4) is 5.69 Å². The van der Waals surface area contributed by atoms with E-state index in [-0.39, 0.29) is 18.3 Å². The average molecular weight is 302 g/mol. The van der Waals surface area contributed by atoms with Gasteiger partial charge in [0.25, 0.3) is 5.91 Å². The van der Waals surface area contributed by atoms with Gasteiger partial charge in [-0.2, -0.15) is 0 Å². The van der Waals surface area contributed by atoms with Gasteiger partial charge in [0.05, 0.1) is 23.3 Å². The number of carbonyl (C=O) groups excluding carboxylic acids is 1. The van der Waals surface area contributed by atoms with E-state index in [0.717, 1.165) is 0 Å². The molecule has 0 radical (unpaired) electrons. The van der Waals surface area contributed by atoms with Crippen molar-refractivity contribution in [1.29, 1.82) is 0 Å². The molecule has 0 unspecified atom stereocenters. The molecule has 3 rings (SSSR count). The van der Waals surface area contributed by atoms with Crippen LogP contribution in [0.3, 0.4) is 0 Å². The number of aromatic nitrogens is 3. The van der Waals surface area contributed by atoms with Gasteiger partial charge in [-0.15, -0.1) is 16.4 Å².